The summed E-state index contributed by atoms with van der Waals surface area (Å²) in [4.78, 5) is 6.08. The number of nitrogens with one attached hydrogen (secondary N) is 1. The molecule has 0 aliphatic rings. The smallest absolute Gasteiger partial charge is 0.168 e. The van der Waals surface area contributed by atoms with Crippen molar-refractivity contribution in [3.63, 3.8) is 0 Å². The van der Waals surface area contributed by atoms with E-state index in [1.165, 1.54) is 5.56 Å². The number of thiocarbonyl (C=S) groups is 1. The first-order valence-electron chi connectivity index (χ1n) is 4.56. The van der Waals surface area contributed by atoms with E-state index in [0.29, 0.717) is 0 Å². The number of pyridine rings is 1. The average Bonchev–Trinajstić information content (AvgIpc) is 2.26. The minimum atomic E-state index is 0.772. The molecule has 0 aliphatic carbocycles. The van der Waals surface area contributed by atoms with Crippen LogP contribution in [0.15, 0.2) is 24.5 Å². The van der Waals surface area contributed by atoms with Gasteiger partial charge in [0.1, 0.15) is 0 Å². The van der Waals surface area contributed by atoms with E-state index in [1.807, 2.05) is 31.3 Å². The fraction of sp³-hybridized carbons (Fsp3) is 0.400. The summed E-state index contributed by atoms with van der Waals surface area (Å²) in [7, 11) is 3.82. The van der Waals surface area contributed by atoms with Gasteiger partial charge in [0.2, 0.25) is 0 Å². The number of nitrogens with zero attached hydrogens (tertiary/aromatic N) is 2. The summed E-state index contributed by atoms with van der Waals surface area (Å²) in [5, 5.41) is 3.71. The van der Waals surface area contributed by atoms with Crippen molar-refractivity contribution in [2.45, 2.75) is 6.42 Å². The minimum Gasteiger partial charge on any atom is -0.366 e. The van der Waals surface area contributed by atoms with Crippen LogP contribution in [0.2, 0.25) is 0 Å². The van der Waals surface area contributed by atoms with Crippen LogP contribution in [0, 0.1) is 0 Å². The first-order chi connectivity index (χ1) is 6.74. The highest BCUT2D eigenvalue weighted by Gasteiger charge is 2.01. The van der Waals surface area contributed by atoms with Gasteiger partial charge in [-0.15, -0.1) is 0 Å². The van der Waals surface area contributed by atoms with E-state index >= 15 is 0 Å². The molecule has 0 unspecified atom stereocenters. The molecular weight excluding hydrogens is 194 g/mol. The molecule has 14 heavy (non-hydrogen) atoms. The van der Waals surface area contributed by atoms with E-state index in [2.05, 4.69) is 16.4 Å². The maximum absolute atomic E-state index is 5.09. The predicted molar refractivity (Wildman–Crippen MR) is 62.2 cm³/mol. The van der Waals surface area contributed by atoms with Gasteiger partial charge in [0, 0.05) is 33.0 Å². The molecule has 1 N–H and O–H groups in total. The molecule has 0 saturated carbocycles. The third kappa shape index (κ3) is 3.30. The lowest BCUT2D eigenvalue weighted by atomic mass is 10.2. The van der Waals surface area contributed by atoms with E-state index in [4.69, 9.17) is 12.2 Å². The third-order valence-electron chi connectivity index (χ3n) is 2.02. The summed E-state index contributed by atoms with van der Waals surface area (Å²) < 4.78 is 0. The Bertz CT molecular complexity index is 287. The topological polar surface area (TPSA) is 28.2 Å². The Morgan fingerprint density at radius 3 is 3.00 bits per heavy atom. The largest absolute Gasteiger partial charge is 0.366 e. The molecule has 1 heterocycles. The Labute approximate surface area is 90.1 Å². The number of rotatable bonds is 3. The van der Waals surface area contributed by atoms with E-state index in [1.54, 1.807) is 6.20 Å². The van der Waals surface area contributed by atoms with Gasteiger partial charge in [0.25, 0.3) is 0 Å². The van der Waals surface area contributed by atoms with Crippen molar-refractivity contribution in [3.8, 4) is 0 Å². The van der Waals surface area contributed by atoms with Crippen LogP contribution < -0.4 is 5.32 Å². The van der Waals surface area contributed by atoms with Gasteiger partial charge in [0.15, 0.2) is 5.11 Å². The maximum atomic E-state index is 5.09. The molecule has 1 rings (SSSR count). The first kappa shape index (κ1) is 10.9. The number of aromatic nitrogens is 1. The Balaban J connectivity index is 2.38. The van der Waals surface area contributed by atoms with Crippen LogP contribution in [0.25, 0.3) is 0 Å². The number of likely N-dealkylation sites (N-methyl/N-ethyl adjacent to an activating group) is 1. The summed E-state index contributed by atoms with van der Waals surface area (Å²) in [6.07, 6.45) is 4.63. The fourth-order valence-electron chi connectivity index (χ4n) is 1.14. The van der Waals surface area contributed by atoms with E-state index in [-0.39, 0.29) is 0 Å². The number of hydrogen-bond acceptors (Lipinski definition) is 2. The molecule has 4 heteroatoms. The maximum Gasteiger partial charge on any atom is 0.168 e. The zero-order chi connectivity index (χ0) is 10.4. The van der Waals surface area contributed by atoms with Crippen molar-refractivity contribution < 1.29 is 0 Å². The van der Waals surface area contributed by atoms with Gasteiger partial charge in [-0.1, -0.05) is 6.07 Å². The predicted octanol–water partition coefficient (Wildman–Crippen LogP) is 1.06. The van der Waals surface area contributed by atoms with Crippen LogP contribution >= 0.6 is 12.2 Å². The lowest BCUT2D eigenvalue weighted by molar-refractivity contribution is 0.502. The van der Waals surface area contributed by atoms with Crippen molar-refractivity contribution >= 4 is 17.3 Å². The van der Waals surface area contributed by atoms with Crippen molar-refractivity contribution in [1.82, 2.24) is 15.2 Å². The van der Waals surface area contributed by atoms with Crippen molar-refractivity contribution in [3.05, 3.63) is 30.1 Å². The van der Waals surface area contributed by atoms with Gasteiger partial charge in [-0.25, -0.2) is 0 Å². The third-order valence-corrected chi connectivity index (χ3v) is 2.54. The van der Waals surface area contributed by atoms with Gasteiger partial charge in [-0.2, -0.15) is 0 Å². The van der Waals surface area contributed by atoms with Crippen molar-refractivity contribution in [2.24, 2.45) is 0 Å². The first-order valence-corrected chi connectivity index (χ1v) is 4.96. The molecule has 0 aromatic carbocycles. The summed E-state index contributed by atoms with van der Waals surface area (Å²) in [5.41, 5.74) is 1.23. The van der Waals surface area contributed by atoms with Gasteiger partial charge < -0.3 is 10.2 Å². The molecule has 3 nitrogen and oxygen atoms in total. The van der Waals surface area contributed by atoms with Crippen LogP contribution in [-0.4, -0.2) is 35.6 Å². The second-order valence-corrected chi connectivity index (χ2v) is 3.47. The zero-order valence-electron chi connectivity index (χ0n) is 8.53. The van der Waals surface area contributed by atoms with Gasteiger partial charge in [-0.3, -0.25) is 4.98 Å². The highest BCUT2D eigenvalue weighted by Crippen LogP contribution is 1.98. The molecule has 1 aromatic rings. The van der Waals surface area contributed by atoms with Gasteiger partial charge in [0.05, 0.1) is 0 Å². The normalized spacial score (nSPS) is 9.57. The Morgan fingerprint density at radius 1 is 1.64 bits per heavy atom. The van der Waals surface area contributed by atoms with Gasteiger partial charge in [-0.05, 0) is 30.3 Å². The van der Waals surface area contributed by atoms with Gasteiger partial charge >= 0.3 is 0 Å². The lowest BCUT2D eigenvalue weighted by Crippen LogP contribution is -2.35. The molecule has 0 atom stereocenters. The molecule has 0 spiro atoms. The summed E-state index contributed by atoms with van der Waals surface area (Å²) in [6, 6.07) is 4.02. The SMILES string of the molecule is CNC(=S)N(C)CCc1cccnc1. The quantitative estimate of drug-likeness (QED) is 0.754. The van der Waals surface area contributed by atoms with Crippen LogP contribution in [-0.2, 0) is 6.42 Å². The van der Waals surface area contributed by atoms with E-state index in [0.717, 1.165) is 18.1 Å². The highest BCUT2D eigenvalue weighted by molar-refractivity contribution is 7.80. The van der Waals surface area contributed by atoms with E-state index < -0.39 is 0 Å². The van der Waals surface area contributed by atoms with E-state index in [9.17, 15) is 0 Å². The summed E-state index contributed by atoms with van der Waals surface area (Å²) in [5.74, 6) is 0. The van der Waals surface area contributed by atoms with Crippen LogP contribution in [0.1, 0.15) is 5.56 Å². The standard InChI is InChI=1S/C10H15N3S/c1-11-10(14)13(2)7-5-9-4-3-6-12-8-9/h3-4,6,8H,5,7H2,1-2H3,(H,11,14). The van der Waals surface area contributed by atoms with Crippen molar-refractivity contribution in [2.75, 3.05) is 20.6 Å². The molecule has 0 saturated heterocycles. The lowest BCUT2D eigenvalue weighted by Gasteiger charge is -2.18. The summed E-state index contributed by atoms with van der Waals surface area (Å²) >= 11 is 5.09. The molecule has 0 aliphatic heterocycles. The molecule has 0 bridgehead atoms. The van der Waals surface area contributed by atoms with Crippen molar-refractivity contribution in [1.29, 1.82) is 0 Å². The molecule has 1 aromatic heterocycles. The molecule has 0 amide bonds. The molecule has 76 valence electrons. The Hall–Kier alpha value is -1.16. The highest BCUT2D eigenvalue weighted by atomic mass is 32.1. The monoisotopic (exact) mass is 209 g/mol. The van der Waals surface area contributed by atoms with Crippen LogP contribution in [0.3, 0.4) is 0 Å². The van der Waals surface area contributed by atoms with Crippen LogP contribution in [0.4, 0.5) is 0 Å². The second-order valence-electron chi connectivity index (χ2n) is 3.09. The Kier molecular flexibility index (Phi) is 4.32. The molecule has 0 fully saturated rings. The van der Waals surface area contributed by atoms with Crippen LogP contribution in [0.5, 0.6) is 0 Å². The fourth-order valence-corrected chi connectivity index (χ4v) is 1.23. The molecule has 0 radical (unpaired) electrons. The zero-order valence-corrected chi connectivity index (χ0v) is 9.34. The Morgan fingerprint density at radius 2 is 2.43 bits per heavy atom. The summed E-state index contributed by atoms with van der Waals surface area (Å²) in [6.45, 7) is 0.908. The average molecular weight is 209 g/mol. The second kappa shape index (κ2) is 5.54. The molecular formula is C10H15N3S. The minimum absolute atomic E-state index is 0.772. The number of hydrogen-bond donors (Lipinski definition) is 1.